The van der Waals surface area contributed by atoms with Gasteiger partial charge in [-0.2, -0.15) is 0 Å². The molecular formula is C23H46N2O3S. The minimum absolute atomic E-state index is 0.0111. The van der Waals surface area contributed by atoms with E-state index in [2.05, 4.69) is 44.7 Å². The van der Waals surface area contributed by atoms with E-state index in [9.17, 15) is 0 Å². The normalized spacial score (nSPS) is 35.2. The average molecular weight is 431 g/mol. The van der Waals surface area contributed by atoms with Gasteiger partial charge in [-0.15, -0.1) is 0 Å². The molecule has 0 unspecified atom stereocenters. The van der Waals surface area contributed by atoms with Gasteiger partial charge in [0.2, 0.25) is 0 Å². The fraction of sp³-hybridized carbons (Fsp3) is 1.00. The SMILES string of the molecule is CCC1(CC)CC2(CC(C)(C)N1S)OCC(C)(COC1CCCCC1)CO2.CN. The minimum Gasteiger partial charge on any atom is -0.377 e. The molecule has 0 aromatic heterocycles. The van der Waals surface area contributed by atoms with Crippen LogP contribution in [0.25, 0.3) is 0 Å². The maximum atomic E-state index is 6.54. The van der Waals surface area contributed by atoms with Crippen molar-refractivity contribution in [3.63, 3.8) is 0 Å². The zero-order chi connectivity index (χ0) is 21.8. The molecule has 2 aliphatic heterocycles. The topological polar surface area (TPSA) is 57.0 Å². The monoisotopic (exact) mass is 430 g/mol. The second-order valence-corrected chi connectivity index (χ2v) is 10.7. The quantitative estimate of drug-likeness (QED) is 0.605. The molecule has 1 spiro atoms. The highest BCUT2D eigenvalue weighted by molar-refractivity contribution is 7.77. The lowest BCUT2D eigenvalue weighted by Crippen LogP contribution is -2.67. The number of piperidine rings is 1. The van der Waals surface area contributed by atoms with Gasteiger partial charge in [-0.3, -0.25) is 0 Å². The zero-order valence-electron chi connectivity index (χ0n) is 19.8. The lowest BCUT2D eigenvalue weighted by atomic mass is 9.73. The van der Waals surface area contributed by atoms with Gasteiger partial charge in [-0.05, 0) is 46.6 Å². The van der Waals surface area contributed by atoms with Crippen molar-refractivity contribution >= 4 is 12.8 Å². The molecule has 2 heterocycles. The molecule has 3 fully saturated rings. The first-order chi connectivity index (χ1) is 13.7. The average Bonchev–Trinajstić information content (AvgIpc) is 2.74. The number of nitrogens with two attached hydrogens (primary N) is 1. The van der Waals surface area contributed by atoms with Crippen LogP contribution < -0.4 is 5.73 Å². The number of hydrogen-bond acceptors (Lipinski definition) is 6. The van der Waals surface area contributed by atoms with Crippen LogP contribution in [-0.4, -0.2) is 54.1 Å². The summed E-state index contributed by atoms with van der Waals surface area (Å²) in [6, 6.07) is 0. The molecule has 2 N–H and O–H groups in total. The summed E-state index contributed by atoms with van der Waals surface area (Å²) in [5.74, 6) is -0.487. The smallest absolute Gasteiger partial charge is 0.171 e. The lowest BCUT2D eigenvalue weighted by Gasteiger charge is -2.60. The van der Waals surface area contributed by atoms with Crippen LogP contribution in [0.4, 0.5) is 0 Å². The molecule has 0 aromatic carbocycles. The molecule has 0 aromatic rings. The summed E-state index contributed by atoms with van der Waals surface area (Å²) >= 11 is 4.91. The third-order valence-corrected chi connectivity index (χ3v) is 8.19. The highest BCUT2D eigenvalue weighted by Crippen LogP contribution is 2.51. The number of thiol groups is 1. The highest BCUT2D eigenvalue weighted by atomic mass is 32.1. The van der Waals surface area contributed by atoms with Gasteiger partial charge in [0, 0.05) is 29.3 Å². The largest absolute Gasteiger partial charge is 0.377 e. The van der Waals surface area contributed by atoms with Gasteiger partial charge in [-0.25, -0.2) is 4.31 Å². The van der Waals surface area contributed by atoms with Crippen molar-refractivity contribution in [2.24, 2.45) is 11.1 Å². The standard InChI is InChI=1S/C22H41NO3S.CH5N/c1-6-21(7-2)14-22(13-19(3,4)23(21)27)25-16-20(5,17-26-22)15-24-18-11-9-8-10-12-18;1-2/h18,27H,6-17H2,1-5H3;2H2,1H3. The molecule has 0 radical (unpaired) electrons. The summed E-state index contributed by atoms with van der Waals surface area (Å²) in [4.78, 5) is 0. The van der Waals surface area contributed by atoms with E-state index in [1.54, 1.807) is 0 Å². The van der Waals surface area contributed by atoms with E-state index in [0.717, 1.165) is 32.3 Å². The van der Waals surface area contributed by atoms with Crippen LogP contribution in [0.15, 0.2) is 0 Å². The van der Waals surface area contributed by atoms with E-state index >= 15 is 0 Å². The van der Waals surface area contributed by atoms with Crippen molar-refractivity contribution in [1.29, 1.82) is 0 Å². The summed E-state index contributed by atoms with van der Waals surface area (Å²) in [7, 11) is 1.50. The molecule has 6 heteroatoms. The van der Waals surface area contributed by atoms with E-state index < -0.39 is 5.79 Å². The van der Waals surface area contributed by atoms with Gasteiger partial charge in [0.1, 0.15) is 0 Å². The number of hydrogen-bond donors (Lipinski definition) is 2. The molecule has 5 nitrogen and oxygen atoms in total. The van der Waals surface area contributed by atoms with Crippen molar-refractivity contribution < 1.29 is 14.2 Å². The Kier molecular flexibility index (Phi) is 8.92. The first-order valence-electron chi connectivity index (χ1n) is 11.6. The van der Waals surface area contributed by atoms with E-state index in [4.69, 9.17) is 27.0 Å². The molecule has 29 heavy (non-hydrogen) atoms. The molecule has 1 aliphatic carbocycles. The Morgan fingerprint density at radius 3 is 2.03 bits per heavy atom. The molecular weight excluding hydrogens is 384 g/mol. The van der Waals surface area contributed by atoms with E-state index in [1.165, 1.54) is 39.2 Å². The van der Waals surface area contributed by atoms with Gasteiger partial charge < -0.3 is 19.9 Å². The van der Waals surface area contributed by atoms with Crippen molar-refractivity contribution in [2.75, 3.05) is 26.9 Å². The number of rotatable bonds is 5. The molecule has 3 aliphatic rings. The van der Waals surface area contributed by atoms with Crippen LogP contribution in [0.1, 0.15) is 92.4 Å². The predicted octanol–water partition coefficient (Wildman–Crippen LogP) is 4.94. The Morgan fingerprint density at radius 2 is 1.52 bits per heavy atom. The second-order valence-electron chi connectivity index (χ2n) is 10.3. The van der Waals surface area contributed by atoms with Crippen LogP contribution in [-0.2, 0) is 14.2 Å². The maximum Gasteiger partial charge on any atom is 0.171 e. The maximum absolute atomic E-state index is 6.54. The fourth-order valence-corrected chi connectivity index (χ4v) is 5.77. The lowest BCUT2D eigenvalue weighted by molar-refractivity contribution is -0.340. The Morgan fingerprint density at radius 1 is 0.966 bits per heavy atom. The van der Waals surface area contributed by atoms with Crippen molar-refractivity contribution in [3.05, 3.63) is 0 Å². The van der Waals surface area contributed by atoms with E-state index in [1.807, 2.05) is 0 Å². The Labute approximate surface area is 184 Å². The minimum atomic E-state index is -0.487. The molecule has 1 saturated carbocycles. The van der Waals surface area contributed by atoms with Crippen molar-refractivity contribution in [3.8, 4) is 0 Å². The van der Waals surface area contributed by atoms with Crippen molar-refractivity contribution in [1.82, 2.24) is 4.31 Å². The Balaban J connectivity index is 0.00000145. The van der Waals surface area contributed by atoms with Crippen LogP contribution in [0.2, 0.25) is 0 Å². The summed E-state index contributed by atoms with van der Waals surface area (Å²) in [6.45, 7) is 13.4. The van der Waals surface area contributed by atoms with Gasteiger partial charge >= 0.3 is 0 Å². The van der Waals surface area contributed by atoms with Crippen LogP contribution >= 0.6 is 12.8 Å². The van der Waals surface area contributed by atoms with Gasteiger partial charge in [0.25, 0.3) is 0 Å². The molecule has 0 amide bonds. The van der Waals surface area contributed by atoms with Crippen LogP contribution in [0.5, 0.6) is 0 Å². The fourth-order valence-electron chi connectivity index (χ4n) is 5.35. The third-order valence-electron chi connectivity index (χ3n) is 7.23. The molecule has 3 rings (SSSR count). The Hall–Kier alpha value is 0.150. The number of ether oxygens (including phenoxy) is 3. The second kappa shape index (κ2) is 10.2. The van der Waals surface area contributed by atoms with Gasteiger partial charge in [0.15, 0.2) is 5.79 Å². The zero-order valence-corrected chi connectivity index (χ0v) is 20.7. The molecule has 2 saturated heterocycles. The molecule has 0 bridgehead atoms. The third kappa shape index (κ3) is 5.69. The summed E-state index contributed by atoms with van der Waals surface area (Å²) in [5.41, 5.74) is 4.39. The van der Waals surface area contributed by atoms with Crippen LogP contribution in [0.3, 0.4) is 0 Å². The number of nitrogens with zero attached hydrogens (tertiary/aromatic N) is 1. The van der Waals surface area contributed by atoms with Crippen LogP contribution in [0, 0.1) is 5.41 Å². The van der Waals surface area contributed by atoms with E-state index in [-0.39, 0.29) is 16.5 Å². The Bertz CT molecular complexity index is 496. The van der Waals surface area contributed by atoms with E-state index in [0.29, 0.717) is 19.3 Å². The molecule has 172 valence electrons. The highest BCUT2D eigenvalue weighted by Gasteiger charge is 2.57. The van der Waals surface area contributed by atoms with Gasteiger partial charge in [-0.1, -0.05) is 52.8 Å². The summed E-state index contributed by atoms with van der Waals surface area (Å²) < 4.78 is 21.6. The first-order valence-corrected chi connectivity index (χ1v) is 12.0. The summed E-state index contributed by atoms with van der Waals surface area (Å²) in [6.07, 6.45) is 10.7. The first kappa shape index (κ1) is 25.4. The summed E-state index contributed by atoms with van der Waals surface area (Å²) in [5, 5.41) is 0. The van der Waals surface area contributed by atoms with Crippen molar-refractivity contribution in [2.45, 2.75) is 115 Å². The predicted molar refractivity (Wildman–Crippen MR) is 123 cm³/mol. The molecule has 0 atom stereocenters. The van der Waals surface area contributed by atoms with Gasteiger partial charge in [0.05, 0.1) is 25.9 Å².